The molecule has 0 spiro atoms. The number of benzene rings is 3. The third kappa shape index (κ3) is 4.52. The molecule has 0 radical (unpaired) electrons. The third-order valence-electron chi connectivity index (χ3n) is 5.16. The first kappa shape index (κ1) is 22.0. The van der Waals surface area contributed by atoms with E-state index in [2.05, 4.69) is 10.6 Å². The van der Waals surface area contributed by atoms with Crippen LogP contribution in [0.1, 0.15) is 23.6 Å². The van der Waals surface area contributed by atoms with Crippen LogP contribution in [0.3, 0.4) is 0 Å². The normalized spacial score (nSPS) is 13.5. The molecule has 1 heterocycles. The maximum absolute atomic E-state index is 13.5. The van der Waals surface area contributed by atoms with Crippen LogP contribution in [0.2, 0.25) is 0 Å². The Morgan fingerprint density at radius 1 is 0.818 bits per heavy atom. The molecule has 4 rings (SSSR count). The highest BCUT2D eigenvalue weighted by atomic mass is 19.1. The maximum Gasteiger partial charge on any atom is 0.282 e. The number of hydrogen-bond donors (Lipinski definition) is 2. The van der Waals surface area contributed by atoms with Crippen molar-refractivity contribution in [1.29, 1.82) is 0 Å². The summed E-state index contributed by atoms with van der Waals surface area (Å²) in [5.74, 6) is -1.63. The first-order chi connectivity index (χ1) is 15.7. The van der Waals surface area contributed by atoms with E-state index in [9.17, 15) is 18.8 Å². The van der Waals surface area contributed by atoms with Crippen LogP contribution in [0.4, 0.5) is 21.5 Å². The predicted octanol–water partition coefficient (Wildman–Crippen LogP) is 4.80. The second kappa shape index (κ2) is 8.70. The Hall–Kier alpha value is -4.26. The van der Waals surface area contributed by atoms with Crippen molar-refractivity contribution in [3.63, 3.8) is 0 Å². The van der Waals surface area contributed by atoms with Crippen molar-refractivity contribution in [3.05, 3.63) is 94.9 Å². The fourth-order valence-electron chi connectivity index (χ4n) is 3.83. The molecule has 1 aliphatic heterocycles. The SMILES string of the molecule is CC(=O)Nc1ccc(NC2=C(c3ccc(F)cc3)C(=O)N(c3cc(C)cc(C)c3)C2=O)cc1. The molecule has 2 N–H and O–H groups in total. The van der Waals surface area contributed by atoms with Gasteiger partial charge in [0.15, 0.2) is 0 Å². The van der Waals surface area contributed by atoms with Gasteiger partial charge in [-0.15, -0.1) is 0 Å². The first-order valence-corrected chi connectivity index (χ1v) is 10.3. The van der Waals surface area contributed by atoms with Crippen LogP contribution in [0.5, 0.6) is 0 Å². The highest BCUT2D eigenvalue weighted by Gasteiger charge is 2.40. The van der Waals surface area contributed by atoms with E-state index in [1.165, 1.54) is 31.2 Å². The minimum Gasteiger partial charge on any atom is -0.350 e. The molecule has 0 atom stereocenters. The number of nitrogens with zero attached hydrogens (tertiary/aromatic N) is 1. The summed E-state index contributed by atoms with van der Waals surface area (Å²) in [6.45, 7) is 5.20. The molecule has 0 saturated carbocycles. The van der Waals surface area contributed by atoms with Gasteiger partial charge in [-0.1, -0.05) is 18.2 Å². The van der Waals surface area contributed by atoms with Crippen LogP contribution in [-0.4, -0.2) is 17.7 Å². The summed E-state index contributed by atoms with van der Waals surface area (Å²) >= 11 is 0. The van der Waals surface area contributed by atoms with Gasteiger partial charge in [0, 0.05) is 18.3 Å². The zero-order valence-electron chi connectivity index (χ0n) is 18.4. The number of nitrogens with one attached hydrogen (secondary N) is 2. The Labute approximate surface area is 190 Å². The summed E-state index contributed by atoms with van der Waals surface area (Å²) in [6, 6.07) is 17.7. The molecule has 0 bridgehead atoms. The lowest BCUT2D eigenvalue weighted by atomic mass is 10.0. The summed E-state index contributed by atoms with van der Waals surface area (Å²) in [6.07, 6.45) is 0. The first-order valence-electron chi connectivity index (χ1n) is 10.3. The van der Waals surface area contributed by atoms with E-state index < -0.39 is 17.6 Å². The van der Waals surface area contributed by atoms with Crippen LogP contribution >= 0.6 is 0 Å². The van der Waals surface area contributed by atoms with Gasteiger partial charge >= 0.3 is 0 Å². The van der Waals surface area contributed by atoms with Gasteiger partial charge in [0.05, 0.1) is 11.3 Å². The number of rotatable bonds is 5. The molecular weight excluding hydrogens is 421 g/mol. The van der Waals surface area contributed by atoms with Crippen molar-refractivity contribution >= 4 is 40.4 Å². The van der Waals surface area contributed by atoms with Crippen molar-refractivity contribution in [3.8, 4) is 0 Å². The van der Waals surface area contributed by atoms with E-state index in [-0.39, 0.29) is 17.2 Å². The Kier molecular flexibility index (Phi) is 5.79. The summed E-state index contributed by atoms with van der Waals surface area (Å²) < 4.78 is 13.5. The van der Waals surface area contributed by atoms with Crippen LogP contribution in [0.25, 0.3) is 5.57 Å². The molecule has 7 heteroatoms. The predicted molar refractivity (Wildman–Crippen MR) is 126 cm³/mol. The summed E-state index contributed by atoms with van der Waals surface area (Å²) in [7, 11) is 0. The minimum absolute atomic E-state index is 0.0954. The van der Waals surface area contributed by atoms with Gasteiger partial charge in [-0.2, -0.15) is 0 Å². The van der Waals surface area contributed by atoms with Crippen molar-refractivity contribution < 1.29 is 18.8 Å². The van der Waals surface area contributed by atoms with E-state index in [0.717, 1.165) is 16.0 Å². The van der Waals surface area contributed by atoms with E-state index in [4.69, 9.17) is 0 Å². The second-order valence-electron chi connectivity index (χ2n) is 7.93. The van der Waals surface area contributed by atoms with Crippen molar-refractivity contribution in [2.75, 3.05) is 15.5 Å². The van der Waals surface area contributed by atoms with Crippen LogP contribution in [0, 0.1) is 19.7 Å². The van der Waals surface area contributed by atoms with Gasteiger partial charge in [-0.3, -0.25) is 14.4 Å². The summed E-state index contributed by atoms with van der Waals surface area (Å²) in [5.41, 5.74) is 4.16. The van der Waals surface area contributed by atoms with E-state index in [0.29, 0.717) is 22.6 Å². The number of carbonyl (C=O) groups excluding carboxylic acids is 3. The van der Waals surface area contributed by atoms with Gasteiger partial charge in [-0.25, -0.2) is 9.29 Å². The number of aryl methyl sites for hydroxylation is 2. The van der Waals surface area contributed by atoms with Gasteiger partial charge in [0.25, 0.3) is 11.8 Å². The second-order valence-corrected chi connectivity index (χ2v) is 7.93. The molecule has 3 aromatic carbocycles. The number of halogens is 1. The molecule has 3 aromatic rings. The zero-order chi connectivity index (χ0) is 23.7. The Morgan fingerprint density at radius 3 is 1.97 bits per heavy atom. The molecule has 33 heavy (non-hydrogen) atoms. The Bertz CT molecular complexity index is 1280. The lowest BCUT2D eigenvalue weighted by Gasteiger charge is -2.17. The third-order valence-corrected chi connectivity index (χ3v) is 5.16. The molecule has 0 fully saturated rings. The molecule has 0 saturated heterocycles. The van der Waals surface area contributed by atoms with Crippen LogP contribution in [0.15, 0.2) is 72.4 Å². The quantitative estimate of drug-likeness (QED) is 0.556. The Morgan fingerprint density at radius 2 is 1.39 bits per heavy atom. The zero-order valence-corrected chi connectivity index (χ0v) is 18.4. The standard InChI is InChI=1S/C26H22FN3O3/c1-15-12-16(2)14-22(13-15)30-25(32)23(18-4-6-19(27)7-5-18)24(26(30)33)29-21-10-8-20(9-11-21)28-17(3)31/h4-14,29H,1-3H3,(H,28,31). The fourth-order valence-corrected chi connectivity index (χ4v) is 3.83. The monoisotopic (exact) mass is 443 g/mol. The molecule has 3 amide bonds. The topological polar surface area (TPSA) is 78.5 Å². The number of anilines is 3. The molecule has 1 aliphatic rings. The van der Waals surface area contributed by atoms with E-state index in [1.54, 1.807) is 36.4 Å². The van der Waals surface area contributed by atoms with Gasteiger partial charge in [0.2, 0.25) is 5.91 Å². The van der Waals surface area contributed by atoms with E-state index >= 15 is 0 Å². The fraction of sp³-hybridized carbons (Fsp3) is 0.115. The Balaban J connectivity index is 1.76. The molecule has 0 unspecified atom stereocenters. The molecular formula is C26H22FN3O3. The molecule has 6 nitrogen and oxygen atoms in total. The summed E-state index contributed by atoms with van der Waals surface area (Å²) in [5, 5.41) is 5.73. The largest absolute Gasteiger partial charge is 0.350 e. The molecule has 0 aliphatic carbocycles. The minimum atomic E-state index is -0.504. The van der Waals surface area contributed by atoms with Crippen LogP contribution in [-0.2, 0) is 14.4 Å². The molecule has 0 aromatic heterocycles. The maximum atomic E-state index is 13.5. The van der Waals surface area contributed by atoms with Crippen LogP contribution < -0.4 is 15.5 Å². The van der Waals surface area contributed by atoms with Crippen molar-refractivity contribution in [2.45, 2.75) is 20.8 Å². The van der Waals surface area contributed by atoms with Crippen molar-refractivity contribution in [1.82, 2.24) is 0 Å². The number of carbonyl (C=O) groups is 3. The van der Waals surface area contributed by atoms with Gasteiger partial charge in [-0.05, 0) is 79.1 Å². The van der Waals surface area contributed by atoms with Gasteiger partial charge < -0.3 is 10.6 Å². The van der Waals surface area contributed by atoms with Crippen molar-refractivity contribution in [2.24, 2.45) is 0 Å². The highest BCUT2D eigenvalue weighted by molar-refractivity contribution is 6.46. The van der Waals surface area contributed by atoms with E-state index in [1.807, 2.05) is 19.9 Å². The number of amides is 3. The average molecular weight is 443 g/mol. The lowest BCUT2D eigenvalue weighted by molar-refractivity contribution is -0.120. The highest BCUT2D eigenvalue weighted by Crippen LogP contribution is 2.34. The number of hydrogen-bond acceptors (Lipinski definition) is 4. The number of imide groups is 1. The average Bonchev–Trinajstić information content (AvgIpc) is 2.98. The lowest BCUT2D eigenvalue weighted by Crippen LogP contribution is -2.32. The van der Waals surface area contributed by atoms with Gasteiger partial charge in [0.1, 0.15) is 11.5 Å². The molecule has 166 valence electrons. The summed E-state index contributed by atoms with van der Waals surface area (Å²) in [4.78, 5) is 39.3. The smallest absolute Gasteiger partial charge is 0.282 e.